The summed E-state index contributed by atoms with van der Waals surface area (Å²) in [5, 5.41) is 26.4. The number of carbonyl (C=O) groups is 5. The van der Waals surface area contributed by atoms with Gasteiger partial charge in [0.1, 0.15) is 23.9 Å². The average molecular weight is 767 g/mol. The topological polar surface area (TPSA) is 187 Å². The number of rotatable bonds is 12. The standard InChI is InChI=1S/C39H56F2N2O11/c1-9-10-31-52-30-16-22-23-15-25(40)24-14-21(45)11-12-36(24,7)38(23,41)28(46)17-37(22,8)39(30,53-31)29(47)19-51-33(49)26(13-20(2)3)42-32(48)27(18-44)43-34(50)54-35(4,5)6/h11-12,14,20,22-23,25-28,30-31,44,46H,9-10,13,15-19H2,1-8H3,(H,42,48)(H,43,50)/t22-,23-,25-,26-,27-,28-,30+,31?,36-,37-,38-,39+/m0/s1. The van der Waals surface area contributed by atoms with E-state index < -0.39 is 119 Å². The second-order valence-corrected chi connectivity index (χ2v) is 17.4. The molecule has 1 aliphatic heterocycles. The van der Waals surface area contributed by atoms with Gasteiger partial charge in [0.25, 0.3) is 0 Å². The molecule has 0 aromatic rings. The van der Waals surface area contributed by atoms with E-state index in [2.05, 4.69) is 10.6 Å². The van der Waals surface area contributed by atoms with E-state index in [1.807, 2.05) is 6.92 Å². The van der Waals surface area contributed by atoms with Crippen LogP contribution in [0.5, 0.6) is 0 Å². The quantitative estimate of drug-likeness (QED) is 0.212. The van der Waals surface area contributed by atoms with Gasteiger partial charge < -0.3 is 39.8 Å². The number of amides is 2. The van der Waals surface area contributed by atoms with Crippen molar-refractivity contribution in [2.24, 2.45) is 28.6 Å². The molecule has 54 heavy (non-hydrogen) atoms. The number of Topliss-reactive ketones (excluding diaryl/α,β-unsaturated/α-hetero) is 1. The van der Waals surface area contributed by atoms with Gasteiger partial charge in [-0.25, -0.2) is 18.4 Å². The number of esters is 1. The molecule has 1 heterocycles. The van der Waals surface area contributed by atoms with E-state index in [9.17, 15) is 34.2 Å². The van der Waals surface area contributed by atoms with Crippen LogP contribution in [0.25, 0.3) is 0 Å². The van der Waals surface area contributed by atoms with E-state index in [0.29, 0.717) is 12.8 Å². The van der Waals surface area contributed by atoms with Gasteiger partial charge in [-0.2, -0.15) is 0 Å². The minimum absolute atomic E-state index is 0.0169. The molecule has 13 nitrogen and oxygen atoms in total. The van der Waals surface area contributed by atoms with E-state index in [1.165, 1.54) is 19.1 Å². The summed E-state index contributed by atoms with van der Waals surface area (Å²) in [7, 11) is 0. The fourth-order valence-electron chi connectivity index (χ4n) is 9.83. The molecule has 15 heteroatoms. The van der Waals surface area contributed by atoms with Gasteiger partial charge in [0.15, 0.2) is 29.9 Å². The molecule has 0 spiro atoms. The second kappa shape index (κ2) is 15.0. The van der Waals surface area contributed by atoms with Crippen LogP contribution in [0.3, 0.4) is 0 Å². The van der Waals surface area contributed by atoms with Crippen molar-refractivity contribution in [1.82, 2.24) is 10.6 Å². The first-order chi connectivity index (χ1) is 25.1. The highest BCUT2D eigenvalue weighted by molar-refractivity contribution is 6.01. The van der Waals surface area contributed by atoms with Gasteiger partial charge in [-0.05, 0) is 89.4 Å². The Hall–Kier alpha value is -3.27. The van der Waals surface area contributed by atoms with Crippen molar-refractivity contribution in [2.75, 3.05) is 13.2 Å². The molecule has 1 unspecified atom stereocenters. The zero-order chi connectivity index (χ0) is 40.2. The first-order valence-electron chi connectivity index (χ1n) is 19.0. The van der Waals surface area contributed by atoms with Gasteiger partial charge in [-0.1, -0.05) is 40.2 Å². The summed E-state index contributed by atoms with van der Waals surface area (Å²) in [4.78, 5) is 65.8. The lowest BCUT2D eigenvalue weighted by molar-refractivity contribution is -0.235. The number of aliphatic hydroxyl groups is 2. The number of carbonyl (C=O) groups excluding carboxylic acids is 5. The van der Waals surface area contributed by atoms with Crippen LogP contribution < -0.4 is 10.6 Å². The molecule has 12 atom stereocenters. The molecule has 3 saturated carbocycles. The summed E-state index contributed by atoms with van der Waals surface area (Å²) in [5.74, 6) is -4.91. The van der Waals surface area contributed by atoms with Gasteiger partial charge in [0.2, 0.25) is 11.7 Å². The van der Waals surface area contributed by atoms with Crippen molar-refractivity contribution in [3.63, 3.8) is 0 Å². The maximum Gasteiger partial charge on any atom is 0.408 e. The van der Waals surface area contributed by atoms with Gasteiger partial charge in [-0.3, -0.25) is 14.4 Å². The average Bonchev–Trinajstić information content (AvgIpc) is 3.55. The van der Waals surface area contributed by atoms with E-state index >= 15 is 8.78 Å². The largest absolute Gasteiger partial charge is 0.456 e. The number of alkyl halides is 2. The summed E-state index contributed by atoms with van der Waals surface area (Å²) in [6.45, 7) is 12.0. The molecule has 4 fully saturated rings. The summed E-state index contributed by atoms with van der Waals surface area (Å²) in [6, 6.07) is -2.74. The Balaban J connectivity index is 1.39. The molecule has 0 bridgehead atoms. The van der Waals surface area contributed by atoms with Crippen LogP contribution in [0.4, 0.5) is 13.6 Å². The molecule has 0 radical (unpaired) electrons. The van der Waals surface area contributed by atoms with Crippen molar-refractivity contribution >= 4 is 29.5 Å². The highest BCUT2D eigenvalue weighted by Gasteiger charge is 2.80. The fourth-order valence-corrected chi connectivity index (χ4v) is 9.83. The number of nitrogens with one attached hydrogen (secondary N) is 2. The highest BCUT2D eigenvalue weighted by Crippen LogP contribution is 2.72. The second-order valence-electron chi connectivity index (χ2n) is 17.4. The molecule has 1 saturated heterocycles. The lowest BCUT2D eigenvalue weighted by Crippen LogP contribution is -2.71. The minimum atomic E-state index is -2.38. The Morgan fingerprint density at radius 3 is 2.39 bits per heavy atom. The maximum absolute atomic E-state index is 17.8. The Morgan fingerprint density at radius 2 is 1.78 bits per heavy atom. The maximum atomic E-state index is 17.8. The van der Waals surface area contributed by atoms with E-state index in [0.717, 1.165) is 6.08 Å². The van der Waals surface area contributed by atoms with Crippen LogP contribution in [0.15, 0.2) is 23.8 Å². The van der Waals surface area contributed by atoms with Gasteiger partial charge in [-0.15, -0.1) is 0 Å². The lowest BCUT2D eigenvalue weighted by Gasteiger charge is -2.63. The van der Waals surface area contributed by atoms with Crippen LogP contribution in [-0.2, 0) is 38.1 Å². The fraction of sp³-hybridized carbons (Fsp3) is 0.769. The third-order valence-corrected chi connectivity index (χ3v) is 12.2. The number of allylic oxidation sites excluding steroid dienone is 4. The van der Waals surface area contributed by atoms with Gasteiger partial charge >= 0.3 is 12.1 Å². The van der Waals surface area contributed by atoms with Gasteiger partial charge in [0.05, 0.1) is 18.8 Å². The molecule has 5 aliphatic rings. The van der Waals surface area contributed by atoms with Crippen LogP contribution >= 0.6 is 0 Å². The number of alkyl carbamates (subject to hydrolysis) is 1. The first-order valence-corrected chi connectivity index (χ1v) is 19.0. The number of fused-ring (bicyclic) bond motifs is 7. The van der Waals surface area contributed by atoms with E-state index in [1.54, 1.807) is 41.5 Å². The lowest BCUT2D eigenvalue weighted by atomic mass is 9.44. The molecule has 5 rings (SSSR count). The van der Waals surface area contributed by atoms with Crippen molar-refractivity contribution < 1.29 is 61.9 Å². The van der Waals surface area contributed by atoms with Crippen molar-refractivity contribution in [1.29, 1.82) is 0 Å². The Labute approximate surface area is 314 Å². The molecule has 2 amide bonds. The van der Waals surface area contributed by atoms with Crippen molar-refractivity contribution in [3.8, 4) is 0 Å². The third kappa shape index (κ3) is 7.02. The molecule has 302 valence electrons. The Bertz CT molecular complexity index is 1580. The Kier molecular flexibility index (Phi) is 11.6. The predicted octanol–water partition coefficient (Wildman–Crippen LogP) is 3.72. The molecule has 4 aliphatic carbocycles. The zero-order valence-electron chi connectivity index (χ0n) is 32.4. The smallest absolute Gasteiger partial charge is 0.408 e. The van der Waals surface area contributed by atoms with Crippen molar-refractivity contribution in [2.45, 2.75) is 148 Å². The normalized spacial score (nSPS) is 37.9. The minimum Gasteiger partial charge on any atom is -0.456 e. The summed E-state index contributed by atoms with van der Waals surface area (Å²) in [6.07, 6.45) is -1.72. The zero-order valence-corrected chi connectivity index (χ0v) is 32.4. The SMILES string of the molecule is CCCC1O[C@@H]2C[C@H]3[C@@H]4C[C@H](F)C5=CC(=O)C=C[C@]5(C)[C@@]4(F)[C@@H](O)C[C@]3(C)[C@]2(C(=O)COC(=O)[C@H](CC(C)C)NC(=O)[C@H](CO)NC(=O)OC(C)(C)C)O1. The number of ether oxygens (including phenoxy) is 4. The Morgan fingerprint density at radius 1 is 1.09 bits per heavy atom. The van der Waals surface area contributed by atoms with E-state index in [-0.39, 0.29) is 37.2 Å². The molecule has 4 N–H and O–H groups in total. The number of halogens is 2. The number of aliphatic hydroxyl groups excluding tert-OH is 2. The number of hydrogen-bond donors (Lipinski definition) is 4. The van der Waals surface area contributed by atoms with Crippen LogP contribution in [0.2, 0.25) is 0 Å². The molecular formula is C39H56F2N2O11. The van der Waals surface area contributed by atoms with Crippen molar-refractivity contribution in [3.05, 3.63) is 23.8 Å². The summed E-state index contributed by atoms with van der Waals surface area (Å²) < 4.78 is 57.3. The van der Waals surface area contributed by atoms with E-state index in [4.69, 9.17) is 18.9 Å². The summed E-state index contributed by atoms with van der Waals surface area (Å²) in [5.41, 5.74) is -7.97. The van der Waals surface area contributed by atoms with Crippen LogP contribution in [-0.4, -0.2) is 107 Å². The van der Waals surface area contributed by atoms with Crippen LogP contribution in [0.1, 0.15) is 93.9 Å². The first kappa shape index (κ1) is 41.9. The van der Waals surface area contributed by atoms with Gasteiger partial charge in [0, 0.05) is 16.7 Å². The molecular weight excluding hydrogens is 710 g/mol. The third-order valence-electron chi connectivity index (χ3n) is 12.2. The monoisotopic (exact) mass is 766 g/mol. The number of ketones is 2. The highest BCUT2D eigenvalue weighted by atomic mass is 19.1. The molecule has 0 aromatic heterocycles. The van der Waals surface area contributed by atoms with Crippen LogP contribution in [0, 0.1) is 28.6 Å². The predicted molar refractivity (Wildman–Crippen MR) is 189 cm³/mol. The summed E-state index contributed by atoms with van der Waals surface area (Å²) >= 11 is 0. The molecule has 0 aromatic carbocycles. The number of hydrogen-bond acceptors (Lipinski definition) is 11.